The molecule has 1 fully saturated rings. The van der Waals surface area contributed by atoms with E-state index in [1.807, 2.05) is 22.3 Å². The van der Waals surface area contributed by atoms with Crippen LogP contribution in [-0.2, 0) is 4.74 Å². The first-order valence-corrected chi connectivity index (χ1v) is 9.97. The maximum absolute atomic E-state index is 12.7. The summed E-state index contributed by atoms with van der Waals surface area (Å²) in [6.07, 6.45) is 3.61. The van der Waals surface area contributed by atoms with Gasteiger partial charge in [-0.15, -0.1) is 11.3 Å². The predicted octanol–water partition coefficient (Wildman–Crippen LogP) is 3.80. The average molecular weight is 396 g/mol. The summed E-state index contributed by atoms with van der Waals surface area (Å²) < 4.78 is 7.21. The number of nitrogens with one attached hydrogen (secondary N) is 2. The van der Waals surface area contributed by atoms with Crippen molar-refractivity contribution in [2.24, 2.45) is 0 Å². The van der Waals surface area contributed by atoms with Crippen LogP contribution in [0.3, 0.4) is 0 Å². The van der Waals surface area contributed by atoms with Crippen LogP contribution in [0, 0.1) is 0 Å². The van der Waals surface area contributed by atoms with Crippen molar-refractivity contribution >= 4 is 34.5 Å². The quantitative estimate of drug-likeness (QED) is 0.687. The van der Waals surface area contributed by atoms with Crippen molar-refractivity contribution in [3.63, 3.8) is 0 Å². The Balaban J connectivity index is 1.46. The Morgan fingerprint density at radius 3 is 2.39 bits per heavy atom. The molecule has 1 saturated heterocycles. The molecule has 2 N–H and O–H groups in total. The minimum Gasteiger partial charge on any atom is -0.381 e. The highest BCUT2D eigenvalue weighted by Crippen LogP contribution is 2.24. The second-order valence-electron chi connectivity index (χ2n) is 6.46. The highest BCUT2D eigenvalue weighted by Gasteiger charge is 2.19. The lowest BCUT2D eigenvalue weighted by atomic mass is 10.1. The Morgan fingerprint density at radius 1 is 1.00 bits per heavy atom. The van der Waals surface area contributed by atoms with Gasteiger partial charge in [0.05, 0.1) is 22.3 Å². The van der Waals surface area contributed by atoms with Crippen LogP contribution >= 0.6 is 11.3 Å². The van der Waals surface area contributed by atoms with Crippen molar-refractivity contribution in [2.75, 3.05) is 23.8 Å². The van der Waals surface area contributed by atoms with E-state index in [4.69, 9.17) is 4.74 Å². The fraction of sp³-hybridized carbons (Fsp3) is 0.250. The second kappa shape index (κ2) is 8.37. The standard InChI is InChI=1S/C20H20N4O3S/c25-19(17-7-10-24(23-17)14-8-11-27-12-9-14)21-15-4-1-2-5-16(15)22-20(26)18-6-3-13-28-18/h1-7,10,13-14H,8-9,11-12H2,(H,21,25)(H,22,26). The number of carbonyl (C=O) groups excluding carboxylic acids is 2. The van der Waals surface area contributed by atoms with Crippen molar-refractivity contribution in [2.45, 2.75) is 18.9 Å². The molecular formula is C20H20N4O3S. The van der Waals surface area contributed by atoms with Gasteiger partial charge in [-0.3, -0.25) is 14.3 Å². The number of aromatic nitrogens is 2. The first kappa shape index (κ1) is 18.4. The number of benzene rings is 1. The molecule has 7 nitrogen and oxygen atoms in total. The summed E-state index contributed by atoms with van der Waals surface area (Å²) in [5.41, 5.74) is 1.40. The molecule has 0 atom stereocenters. The largest absolute Gasteiger partial charge is 0.381 e. The van der Waals surface area contributed by atoms with Gasteiger partial charge in [0.2, 0.25) is 0 Å². The van der Waals surface area contributed by atoms with Crippen LogP contribution in [0.5, 0.6) is 0 Å². The highest BCUT2D eigenvalue weighted by atomic mass is 32.1. The number of amides is 2. The summed E-state index contributed by atoms with van der Waals surface area (Å²) >= 11 is 1.36. The Kier molecular flexibility index (Phi) is 5.50. The van der Waals surface area contributed by atoms with Gasteiger partial charge in [0.15, 0.2) is 5.69 Å². The van der Waals surface area contributed by atoms with E-state index in [-0.39, 0.29) is 17.9 Å². The van der Waals surface area contributed by atoms with E-state index < -0.39 is 0 Å². The lowest BCUT2D eigenvalue weighted by molar-refractivity contribution is 0.0661. The summed E-state index contributed by atoms with van der Waals surface area (Å²) in [6, 6.07) is 12.6. The molecule has 144 valence electrons. The molecule has 0 aliphatic carbocycles. The number of ether oxygens (including phenoxy) is 1. The van der Waals surface area contributed by atoms with Crippen LogP contribution in [0.15, 0.2) is 54.0 Å². The zero-order valence-corrected chi connectivity index (χ0v) is 15.9. The van der Waals surface area contributed by atoms with Gasteiger partial charge in [0, 0.05) is 19.4 Å². The number of nitrogens with zero attached hydrogens (tertiary/aromatic N) is 2. The number of hydrogen-bond donors (Lipinski definition) is 2. The number of thiophene rings is 1. The zero-order valence-electron chi connectivity index (χ0n) is 15.1. The Morgan fingerprint density at radius 2 is 1.71 bits per heavy atom. The monoisotopic (exact) mass is 396 g/mol. The first-order valence-electron chi connectivity index (χ1n) is 9.09. The normalized spacial score (nSPS) is 14.6. The van der Waals surface area contributed by atoms with Crippen molar-refractivity contribution in [1.29, 1.82) is 0 Å². The SMILES string of the molecule is O=C(Nc1ccccc1NC(=O)c1cccs1)c1ccn(C2CCOCC2)n1. The molecule has 1 aliphatic rings. The molecular weight excluding hydrogens is 376 g/mol. The van der Waals surface area contributed by atoms with E-state index in [0.29, 0.717) is 35.2 Å². The number of para-hydroxylation sites is 2. The van der Waals surface area contributed by atoms with Gasteiger partial charge in [0.1, 0.15) is 0 Å². The van der Waals surface area contributed by atoms with Gasteiger partial charge in [-0.05, 0) is 42.5 Å². The number of hydrogen-bond acceptors (Lipinski definition) is 5. The Hall–Kier alpha value is -2.97. The van der Waals surface area contributed by atoms with E-state index in [2.05, 4.69) is 15.7 Å². The van der Waals surface area contributed by atoms with Crippen LogP contribution in [0.1, 0.15) is 39.0 Å². The summed E-state index contributed by atoms with van der Waals surface area (Å²) in [5, 5.41) is 12.0. The molecule has 0 saturated carbocycles. The summed E-state index contributed by atoms with van der Waals surface area (Å²) in [6.45, 7) is 1.42. The fourth-order valence-corrected chi connectivity index (χ4v) is 3.71. The van der Waals surface area contributed by atoms with E-state index in [1.54, 1.807) is 36.4 Å². The maximum atomic E-state index is 12.7. The second-order valence-corrected chi connectivity index (χ2v) is 7.40. The minimum absolute atomic E-state index is 0.208. The molecule has 2 aromatic heterocycles. The first-order chi connectivity index (χ1) is 13.7. The van der Waals surface area contributed by atoms with Gasteiger partial charge in [-0.1, -0.05) is 18.2 Å². The van der Waals surface area contributed by atoms with Crippen molar-refractivity contribution in [3.05, 3.63) is 64.6 Å². The molecule has 0 bridgehead atoms. The molecule has 0 radical (unpaired) electrons. The number of rotatable bonds is 5. The predicted molar refractivity (Wildman–Crippen MR) is 108 cm³/mol. The van der Waals surface area contributed by atoms with E-state index in [0.717, 1.165) is 12.8 Å². The van der Waals surface area contributed by atoms with E-state index in [9.17, 15) is 9.59 Å². The van der Waals surface area contributed by atoms with Crippen LogP contribution in [0.2, 0.25) is 0 Å². The average Bonchev–Trinajstić information content (AvgIpc) is 3.42. The third-order valence-corrected chi connectivity index (χ3v) is 5.44. The summed E-state index contributed by atoms with van der Waals surface area (Å²) in [4.78, 5) is 25.6. The van der Waals surface area contributed by atoms with Crippen molar-refractivity contribution < 1.29 is 14.3 Å². The molecule has 0 unspecified atom stereocenters. The van der Waals surface area contributed by atoms with Crippen LogP contribution in [0.4, 0.5) is 11.4 Å². The minimum atomic E-state index is -0.316. The molecule has 1 aromatic carbocycles. The molecule has 0 spiro atoms. The molecule has 1 aliphatic heterocycles. The molecule has 3 aromatic rings. The van der Waals surface area contributed by atoms with Crippen LogP contribution in [-0.4, -0.2) is 34.8 Å². The maximum Gasteiger partial charge on any atom is 0.276 e. The molecule has 3 heterocycles. The van der Waals surface area contributed by atoms with Gasteiger partial charge in [-0.25, -0.2) is 0 Å². The molecule has 8 heteroatoms. The lowest BCUT2D eigenvalue weighted by Gasteiger charge is -2.22. The highest BCUT2D eigenvalue weighted by molar-refractivity contribution is 7.12. The van der Waals surface area contributed by atoms with Crippen molar-refractivity contribution in [3.8, 4) is 0 Å². The van der Waals surface area contributed by atoms with E-state index in [1.165, 1.54) is 11.3 Å². The summed E-state index contributed by atoms with van der Waals surface area (Å²) in [5.74, 6) is -0.524. The lowest BCUT2D eigenvalue weighted by Crippen LogP contribution is -2.21. The third-order valence-electron chi connectivity index (χ3n) is 4.57. The van der Waals surface area contributed by atoms with Gasteiger partial charge in [0.25, 0.3) is 11.8 Å². The van der Waals surface area contributed by atoms with Crippen molar-refractivity contribution in [1.82, 2.24) is 9.78 Å². The molecule has 4 rings (SSSR count). The van der Waals surface area contributed by atoms with Gasteiger partial charge in [-0.2, -0.15) is 5.10 Å². The topological polar surface area (TPSA) is 85.2 Å². The molecule has 28 heavy (non-hydrogen) atoms. The van der Waals surface area contributed by atoms with Gasteiger partial charge >= 0.3 is 0 Å². The fourth-order valence-electron chi connectivity index (χ4n) is 3.09. The smallest absolute Gasteiger partial charge is 0.276 e. The number of carbonyl (C=O) groups is 2. The van der Waals surface area contributed by atoms with E-state index >= 15 is 0 Å². The molecule has 2 amide bonds. The zero-order chi connectivity index (χ0) is 19.3. The van der Waals surface area contributed by atoms with Crippen LogP contribution in [0.25, 0.3) is 0 Å². The summed E-state index contributed by atoms with van der Waals surface area (Å²) in [7, 11) is 0. The van der Waals surface area contributed by atoms with Crippen LogP contribution < -0.4 is 10.6 Å². The van der Waals surface area contributed by atoms with Gasteiger partial charge < -0.3 is 15.4 Å². The number of anilines is 2. The Labute approximate surface area is 166 Å². The third kappa shape index (κ3) is 4.13. The Bertz CT molecular complexity index is 962.